The minimum atomic E-state index is -0.257. The number of amides is 2. The summed E-state index contributed by atoms with van der Waals surface area (Å²) in [6, 6.07) is 10.5. The van der Waals surface area contributed by atoms with Gasteiger partial charge in [-0.15, -0.1) is 0 Å². The van der Waals surface area contributed by atoms with Gasteiger partial charge >= 0.3 is 6.03 Å². The molecule has 0 saturated carbocycles. The molecule has 2 saturated heterocycles. The number of halogens is 1. The SMILES string of the molecule is COc1ccc(CN2CCN3C(=O)N(Cc4ccc(F)cc4)CC3C2)cn1. The third-order valence-corrected chi connectivity index (χ3v) is 5.21. The number of piperazine rings is 1. The van der Waals surface area contributed by atoms with Gasteiger partial charge in [0.2, 0.25) is 5.88 Å². The monoisotopic (exact) mass is 370 g/mol. The van der Waals surface area contributed by atoms with E-state index < -0.39 is 0 Å². The van der Waals surface area contributed by atoms with Gasteiger partial charge in [-0.25, -0.2) is 14.2 Å². The molecule has 1 aromatic heterocycles. The number of urea groups is 1. The minimum absolute atomic E-state index is 0.0788. The van der Waals surface area contributed by atoms with E-state index in [1.807, 2.05) is 28.1 Å². The van der Waals surface area contributed by atoms with Crippen molar-refractivity contribution < 1.29 is 13.9 Å². The smallest absolute Gasteiger partial charge is 0.320 e. The first kappa shape index (κ1) is 17.7. The second-order valence-electron chi connectivity index (χ2n) is 7.08. The Morgan fingerprint density at radius 2 is 1.85 bits per heavy atom. The summed E-state index contributed by atoms with van der Waals surface area (Å²) in [5, 5.41) is 0. The zero-order chi connectivity index (χ0) is 18.8. The summed E-state index contributed by atoms with van der Waals surface area (Å²) in [4.78, 5) is 23.1. The van der Waals surface area contributed by atoms with Gasteiger partial charge in [-0.3, -0.25) is 4.90 Å². The molecule has 2 aliphatic rings. The molecule has 0 radical (unpaired) electrons. The van der Waals surface area contributed by atoms with Crippen molar-refractivity contribution in [3.63, 3.8) is 0 Å². The van der Waals surface area contributed by atoms with E-state index in [2.05, 4.69) is 9.88 Å². The Morgan fingerprint density at radius 1 is 1.07 bits per heavy atom. The highest BCUT2D eigenvalue weighted by Crippen LogP contribution is 2.23. The van der Waals surface area contributed by atoms with Gasteiger partial charge in [0.15, 0.2) is 0 Å². The maximum Gasteiger partial charge on any atom is 0.320 e. The summed E-state index contributed by atoms with van der Waals surface area (Å²) in [5.74, 6) is 0.356. The van der Waals surface area contributed by atoms with Crippen LogP contribution >= 0.6 is 0 Å². The number of rotatable bonds is 5. The van der Waals surface area contributed by atoms with Crippen LogP contribution in [0, 0.1) is 5.82 Å². The highest BCUT2D eigenvalue weighted by Gasteiger charge is 2.40. The molecule has 6 nitrogen and oxygen atoms in total. The molecule has 3 heterocycles. The van der Waals surface area contributed by atoms with Gasteiger partial charge in [0.05, 0.1) is 13.2 Å². The van der Waals surface area contributed by atoms with E-state index in [1.54, 1.807) is 19.2 Å². The first-order valence-corrected chi connectivity index (χ1v) is 9.13. The number of aromatic nitrogens is 1. The topological polar surface area (TPSA) is 48.9 Å². The molecule has 1 aromatic carbocycles. The highest BCUT2D eigenvalue weighted by molar-refractivity contribution is 5.77. The van der Waals surface area contributed by atoms with Crippen molar-refractivity contribution in [2.75, 3.05) is 33.3 Å². The van der Waals surface area contributed by atoms with Crippen molar-refractivity contribution in [1.82, 2.24) is 19.7 Å². The predicted octanol–water partition coefficient (Wildman–Crippen LogP) is 2.35. The van der Waals surface area contributed by atoms with Crippen LogP contribution in [0.4, 0.5) is 9.18 Å². The molecular formula is C20H23FN4O2. The largest absolute Gasteiger partial charge is 0.481 e. The van der Waals surface area contributed by atoms with Crippen LogP contribution in [0.5, 0.6) is 5.88 Å². The van der Waals surface area contributed by atoms with Crippen molar-refractivity contribution in [2.24, 2.45) is 0 Å². The average molecular weight is 370 g/mol. The normalized spacial score (nSPS) is 20.1. The van der Waals surface area contributed by atoms with Crippen LogP contribution in [0.1, 0.15) is 11.1 Å². The van der Waals surface area contributed by atoms with E-state index in [4.69, 9.17) is 4.74 Å². The molecule has 4 rings (SSSR count). The Balaban J connectivity index is 1.36. The van der Waals surface area contributed by atoms with Gasteiger partial charge in [-0.1, -0.05) is 18.2 Å². The number of ether oxygens (including phenoxy) is 1. The second kappa shape index (κ2) is 7.52. The van der Waals surface area contributed by atoms with E-state index in [0.717, 1.165) is 37.3 Å². The molecule has 142 valence electrons. The molecule has 0 bridgehead atoms. The maximum absolute atomic E-state index is 13.1. The third-order valence-electron chi connectivity index (χ3n) is 5.21. The Bertz CT molecular complexity index is 797. The van der Waals surface area contributed by atoms with Crippen molar-refractivity contribution >= 4 is 6.03 Å². The predicted molar refractivity (Wildman–Crippen MR) is 98.8 cm³/mol. The minimum Gasteiger partial charge on any atom is -0.481 e. The Hall–Kier alpha value is -2.67. The van der Waals surface area contributed by atoms with Crippen LogP contribution in [0.2, 0.25) is 0 Å². The van der Waals surface area contributed by atoms with E-state index in [0.29, 0.717) is 19.0 Å². The van der Waals surface area contributed by atoms with Crippen LogP contribution in [-0.4, -0.2) is 65.0 Å². The van der Waals surface area contributed by atoms with E-state index >= 15 is 0 Å². The summed E-state index contributed by atoms with van der Waals surface area (Å²) >= 11 is 0. The van der Waals surface area contributed by atoms with Gasteiger partial charge < -0.3 is 14.5 Å². The number of fused-ring (bicyclic) bond motifs is 1. The number of pyridine rings is 1. The summed E-state index contributed by atoms with van der Waals surface area (Å²) in [5.41, 5.74) is 2.09. The molecule has 1 atom stereocenters. The summed E-state index contributed by atoms with van der Waals surface area (Å²) in [6.07, 6.45) is 1.84. The Morgan fingerprint density at radius 3 is 2.56 bits per heavy atom. The van der Waals surface area contributed by atoms with Gasteiger partial charge in [0, 0.05) is 51.5 Å². The average Bonchev–Trinajstić information content (AvgIpc) is 2.99. The van der Waals surface area contributed by atoms with Gasteiger partial charge in [0.1, 0.15) is 5.82 Å². The second-order valence-corrected chi connectivity index (χ2v) is 7.08. The quantitative estimate of drug-likeness (QED) is 0.811. The van der Waals surface area contributed by atoms with Crippen molar-refractivity contribution in [3.8, 4) is 5.88 Å². The van der Waals surface area contributed by atoms with Crippen LogP contribution in [-0.2, 0) is 13.1 Å². The van der Waals surface area contributed by atoms with Crippen LogP contribution in [0.3, 0.4) is 0 Å². The van der Waals surface area contributed by atoms with Crippen molar-refractivity contribution in [1.29, 1.82) is 0 Å². The standard InChI is InChI=1S/C20H23FN4O2/c1-27-19-7-4-16(10-22-19)11-23-8-9-25-18(13-23)14-24(20(25)26)12-15-2-5-17(21)6-3-15/h2-7,10,18H,8-9,11-14H2,1H3. The lowest BCUT2D eigenvalue weighted by molar-refractivity contribution is 0.116. The zero-order valence-electron chi connectivity index (χ0n) is 15.3. The number of carbonyl (C=O) groups is 1. The maximum atomic E-state index is 13.1. The molecule has 2 amide bonds. The fraction of sp³-hybridized carbons (Fsp3) is 0.400. The lowest BCUT2D eigenvalue weighted by atomic mass is 10.1. The van der Waals surface area contributed by atoms with E-state index in [9.17, 15) is 9.18 Å². The Labute approximate surface area is 158 Å². The number of carbonyl (C=O) groups excluding carboxylic acids is 1. The van der Waals surface area contributed by atoms with Crippen LogP contribution < -0.4 is 4.74 Å². The number of nitrogens with zero attached hydrogens (tertiary/aromatic N) is 4. The lowest BCUT2D eigenvalue weighted by Gasteiger charge is -2.36. The zero-order valence-corrected chi connectivity index (χ0v) is 15.3. The number of benzene rings is 1. The van der Waals surface area contributed by atoms with E-state index in [1.165, 1.54) is 12.1 Å². The number of methoxy groups -OCH3 is 1. The van der Waals surface area contributed by atoms with Crippen molar-refractivity contribution in [3.05, 3.63) is 59.5 Å². The van der Waals surface area contributed by atoms with E-state index in [-0.39, 0.29) is 17.9 Å². The molecule has 2 fully saturated rings. The molecular weight excluding hydrogens is 347 g/mol. The number of hydrogen-bond acceptors (Lipinski definition) is 4. The third kappa shape index (κ3) is 3.88. The van der Waals surface area contributed by atoms with Crippen LogP contribution in [0.15, 0.2) is 42.6 Å². The molecule has 2 aliphatic heterocycles. The fourth-order valence-electron chi connectivity index (χ4n) is 3.81. The molecule has 7 heteroatoms. The lowest BCUT2D eigenvalue weighted by Crippen LogP contribution is -2.51. The highest BCUT2D eigenvalue weighted by atomic mass is 19.1. The van der Waals surface area contributed by atoms with Crippen LogP contribution in [0.25, 0.3) is 0 Å². The first-order chi connectivity index (χ1) is 13.1. The van der Waals surface area contributed by atoms with Crippen molar-refractivity contribution in [2.45, 2.75) is 19.1 Å². The molecule has 0 aliphatic carbocycles. The molecule has 2 aromatic rings. The molecule has 0 N–H and O–H groups in total. The Kier molecular flexibility index (Phi) is 4.94. The molecule has 27 heavy (non-hydrogen) atoms. The molecule has 0 spiro atoms. The van der Waals surface area contributed by atoms with Gasteiger partial charge in [0.25, 0.3) is 0 Å². The molecule has 1 unspecified atom stereocenters. The number of hydrogen-bond donors (Lipinski definition) is 0. The summed E-state index contributed by atoms with van der Waals surface area (Å²) in [6.45, 7) is 4.46. The summed E-state index contributed by atoms with van der Waals surface area (Å²) in [7, 11) is 1.61. The van der Waals surface area contributed by atoms with Gasteiger partial charge in [-0.05, 0) is 23.3 Å². The van der Waals surface area contributed by atoms with Gasteiger partial charge in [-0.2, -0.15) is 0 Å². The summed E-state index contributed by atoms with van der Waals surface area (Å²) < 4.78 is 18.2. The first-order valence-electron chi connectivity index (χ1n) is 9.13. The fourth-order valence-corrected chi connectivity index (χ4v) is 3.81.